The second-order valence-electron chi connectivity index (χ2n) is 11.1. The number of nitrogens with one attached hydrogen (secondary N) is 4. The Labute approximate surface area is 273 Å². The molecule has 0 aliphatic carbocycles. The first-order valence-corrected chi connectivity index (χ1v) is 16.7. The number of benzene rings is 2. The van der Waals surface area contributed by atoms with E-state index in [2.05, 4.69) is 21.3 Å². The van der Waals surface area contributed by atoms with Gasteiger partial charge in [-0.05, 0) is 55.7 Å². The van der Waals surface area contributed by atoms with E-state index >= 15 is 0 Å². The fourth-order valence-electron chi connectivity index (χ4n) is 5.36. The molecule has 4 N–H and O–H groups in total. The van der Waals surface area contributed by atoms with Crippen LogP contribution < -0.4 is 26.2 Å². The quantitative estimate of drug-likeness (QED) is 0.0829. The molecule has 0 spiro atoms. The van der Waals surface area contributed by atoms with Crippen LogP contribution in [-0.2, 0) is 19.1 Å². The number of fused-ring (bicyclic) bond motifs is 1. The summed E-state index contributed by atoms with van der Waals surface area (Å²) >= 11 is 1.84. The number of hydrogen-bond donors (Lipinski definition) is 4. The van der Waals surface area contributed by atoms with Gasteiger partial charge in [0.15, 0.2) is 6.17 Å². The lowest BCUT2D eigenvalue weighted by molar-refractivity contribution is -0.129. The Morgan fingerprint density at radius 3 is 2.52 bits per heavy atom. The first-order valence-electron chi connectivity index (χ1n) is 15.6. The predicted molar refractivity (Wildman–Crippen MR) is 176 cm³/mol. The van der Waals surface area contributed by atoms with Crippen molar-refractivity contribution in [2.75, 3.05) is 50.7 Å². The number of halogens is 2. The third-order valence-corrected chi connectivity index (χ3v) is 9.39. The van der Waals surface area contributed by atoms with Gasteiger partial charge in [0.2, 0.25) is 5.91 Å². The Balaban J connectivity index is 1.32. The highest BCUT2D eigenvalue weighted by molar-refractivity contribution is 8.00. The number of amides is 4. The van der Waals surface area contributed by atoms with Gasteiger partial charge in [-0.15, -0.1) is 0 Å². The molecule has 250 valence electrons. The number of hydrogen-bond acceptors (Lipinski definition) is 7. The molecule has 10 nitrogen and oxygen atoms in total. The molecular formula is C33H43F2N5O5S. The van der Waals surface area contributed by atoms with Crippen molar-refractivity contribution in [2.45, 2.75) is 56.1 Å². The number of anilines is 1. The van der Waals surface area contributed by atoms with Crippen molar-refractivity contribution in [3.8, 4) is 0 Å². The normalized spacial score (nSPS) is 19.4. The lowest BCUT2D eigenvalue weighted by Crippen LogP contribution is -2.56. The third kappa shape index (κ3) is 10.2. The van der Waals surface area contributed by atoms with Gasteiger partial charge in [0.25, 0.3) is 5.91 Å². The summed E-state index contributed by atoms with van der Waals surface area (Å²) in [5.74, 6) is -1.05. The van der Waals surface area contributed by atoms with Crippen LogP contribution in [0.25, 0.3) is 12.2 Å². The number of carbonyl (C=O) groups excluding carboxylic acids is 3. The van der Waals surface area contributed by atoms with Gasteiger partial charge in [0, 0.05) is 48.9 Å². The molecule has 2 aromatic rings. The standard InChI is InChI=1S/C33H43F2N5O5S/c1-3-44-19-20-45-18-17-36-32(42)31(38-29(41)10-5-4-9-28-30-27(21-46-28)37-33(43)39-30)40(2)23-14-11-22(12-15-23)13-16-24-25(34)7-6-8-26(24)35/h6-8,11-16,27-28,30-31H,3-5,9-10,17-21H2,1-2H3,(H,36,42)(H,38,41)(H2,37,39,43)/b16-13+. The number of unbranched alkanes of at least 4 members (excludes halogenated alkanes) is 1. The Morgan fingerprint density at radius 1 is 1.04 bits per heavy atom. The zero-order valence-corrected chi connectivity index (χ0v) is 27.0. The van der Waals surface area contributed by atoms with Crippen LogP contribution in [0.1, 0.15) is 43.7 Å². The van der Waals surface area contributed by atoms with Crippen LogP contribution in [0.5, 0.6) is 0 Å². The van der Waals surface area contributed by atoms with Crippen molar-refractivity contribution in [1.82, 2.24) is 21.3 Å². The van der Waals surface area contributed by atoms with E-state index in [9.17, 15) is 23.2 Å². The van der Waals surface area contributed by atoms with Crippen molar-refractivity contribution in [1.29, 1.82) is 0 Å². The molecule has 4 atom stereocenters. The van der Waals surface area contributed by atoms with E-state index < -0.39 is 17.8 Å². The Kier molecular flexibility index (Phi) is 13.7. The molecule has 2 heterocycles. The number of nitrogens with zero attached hydrogens (tertiary/aromatic N) is 1. The summed E-state index contributed by atoms with van der Waals surface area (Å²) < 4.78 is 38.7. The lowest BCUT2D eigenvalue weighted by atomic mass is 10.0. The molecule has 4 unspecified atom stereocenters. The van der Waals surface area contributed by atoms with Gasteiger partial charge in [0.1, 0.15) is 11.6 Å². The van der Waals surface area contributed by atoms with Gasteiger partial charge < -0.3 is 35.6 Å². The second-order valence-corrected chi connectivity index (χ2v) is 12.4. The molecule has 2 aliphatic rings. The van der Waals surface area contributed by atoms with Crippen LogP contribution in [0.4, 0.5) is 19.3 Å². The maximum Gasteiger partial charge on any atom is 0.315 e. The Bertz CT molecular complexity index is 1330. The minimum absolute atomic E-state index is 0.116. The molecule has 2 fully saturated rings. The number of urea groups is 1. The molecule has 0 bridgehead atoms. The van der Waals surface area contributed by atoms with E-state index in [-0.39, 0.29) is 48.5 Å². The van der Waals surface area contributed by atoms with Gasteiger partial charge in [0.05, 0.1) is 31.9 Å². The van der Waals surface area contributed by atoms with Gasteiger partial charge in [-0.3, -0.25) is 9.59 Å². The number of likely N-dealkylation sites (N-methyl/N-ethyl adjacent to an activating group) is 1. The average molecular weight is 660 g/mol. The van der Waals surface area contributed by atoms with Crippen LogP contribution in [0.3, 0.4) is 0 Å². The largest absolute Gasteiger partial charge is 0.379 e. The molecule has 2 aliphatic heterocycles. The fraction of sp³-hybridized carbons (Fsp3) is 0.485. The molecule has 0 saturated carbocycles. The highest BCUT2D eigenvalue weighted by Gasteiger charge is 2.42. The monoisotopic (exact) mass is 659 g/mol. The van der Waals surface area contributed by atoms with Crippen molar-refractivity contribution in [3.63, 3.8) is 0 Å². The first kappa shape index (κ1) is 35.2. The maximum absolute atomic E-state index is 14.0. The predicted octanol–water partition coefficient (Wildman–Crippen LogP) is 3.91. The van der Waals surface area contributed by atoms with Crippen LogP contribution in [0.15, 0.2) is 42.5 Å². The van der Waals surface area contributed by atoms with E-state index in [1.807, 2.05) is 18.7 Å². The second kappa shape index (κ2) is 17.9. The summed E-state index contributed by atoms with van der Waals surface area (Å²) in [5.41, 5.74) is 1.23. The molecule has 4 amide bonds. The highest BCUT2D eigenvalue weighted by atomic mass is 32.2. The molecule has 13 heteroatoms. The summed E-state index contributed by atoms with van der Waals surface area (Å²) in [6.07, 6.45) is 4.60. The van der Waals surface area contributed by atoms with E-state index in [0.29, 0.717) is 49.3 Å². The smallest absolute Gasteiger partial charge is 0.315 e. The number of thioether (sulfide) groups is 1. The molecular weight excluding hydrogens is 616 g/mol. The van der Waals surface area contributed by atoms with Crippen molar-refractivity contribution < 1.29 is 32.6 Å². The van der Waals surface area contributed by atoms with E-state index in [1.54, 1.807) is 42.3 Å². The molecule has 2 saturated heterocycles. The van der Waals surface area contributed by atoms with E-state index in [1.165, 1.54) is 24.3 Å². The number of ether oxygens (including phenoxy) is 2. The molecule has 2 aromatic carbocycles. The Morgan fingerprint density at radius 2 is 1.78 bits per heavy atom. The summed E-state index contributed by atoms with van der Waals surface area (Å²) in [4.78, 5) is 39.6. The summed E-state index contributed by atoms with van der Waals surface area (Å²) in [6, 6.07) is 10.9. The maximum atomic E-state index is 14.0. The summed E-state index contributed by atoms with van der Waals surface area (Å²) in [5, 5.41) is 11.9. The van der Waals surface area contributed by atoms with Gasteiger partial charge in [-0.25, -0.2) is 13.6 Å². The molecule has 0 aromatic heterocycles. The van der Waals surface area contributed by atoms with Crippen LogP contribution in [0.2, 0.25) is 0 Å². The van der Waals surface area contributed by atoms with Gasteiger partial charge in [-0.1, -0.05) is 30.7 Å². The van der Waals surface area contributed by atoms with Crippen LogP contribution in [0, 0.1) is 11.6 Å². The minimum Gasteiger partial charge on any atom is -0.379 e. The van der Waals surface area contributed by atoms with E-state index in [0.717, 1.165) is 18.6 Å². The fourth-order valence-corrected chi connectivity index (χ4v) is 6.91. The SMILES string of the molecule is CCOCCOCCNC(=O)C(NC(=O)CCCCC1SCC2NC(=O)NC21)N(C)c1ccc(/C=C/c2c(F)cccc2F)cc1. The zero-order chi connectivity index (χ0) is 32.9. The van der Waals surface area contributed by atoms with Crippen molar-refractivity contribution in [3.05, 3.63) is 65.2 Å². The van der Waals surface area contributed by atoms with Crippen LogP contribution >= 0.6 is 11.8 Å². The highest BCUT2D eigenvalue weighted by Crippen LogP contribution is 2.33. The number of carbonyl (C=O) groups is 3. The van der Waals surface area contributed by atoms with Crippen molar-refractivity contribution >= 4 is 47.4 Å². The average Bonchev–Trinajstić information content (AvgIpc) is 3.60. The summed E-state index contributed by atoms with van der Waals surface area (Å²) in [7, 11) is 1.71. The number of rotatable bonds is 18. The van der Waals surface area contributed by atoms with Gasteiger partial charge >= 0.3 is 6.03 Å². The topological polar surface area (TPSA) is 121 Å². The molecule has 0 radical (unpaired) electrons. The van der Waals surface area contributed by atoms with Gasteiger partial charge in [-0.2, -0.15) is 11.8 Å². The minimum atomic E-state index is -0.990. The zero-order valence-electron chi connectivity index (χ0n) is 26.2. The third-order valence-electron chi connectivity index (χ3n) is 7.88. The molecule has 4 rings (SSSR count). The summed E-state index contributed by atoms with van der Waals surface area (Å²) in [6.45, 7) is 3.94. The van der Waals surface area contributed by atoms with Crippen molar-refractivity contribution in [2.24, 2.45) is 0 Å². The Hall–Kier alpha value is -3.68. The molecule has 46 heavy (non-hydrogen) atoms. The first-order chi connectivity index (χ1) is 22.3. The van der Waals surface area contributed by atoms with E-state index in [4.69, 9.17) is 9.47 Å². The van der Waals surface area contributed by atoms with Crippen LogP contribution in [-0.4, -0.2) is 87.1 Å². The lowest BCUT2D eigenvalue weighted by Gasteiger charge is -2.30.